The third-order valence-electron chi connectivity index (χ3n) is 5.63. The van der Waals surface area contributed by atoms with Crippen LogP contribution in [0.25, 0.3) is 0 Å². The molecule has 2 heterocycles. The number of amides is 2. The molecule has 2 amide bonds. The van der Waals surface area contributed by atoms with Crippen LogP contribution in [0.3, 0.4) is 0 Å². The monoisotopic (exact) mass is 379 g/mol. The summed E-state index contributed by atoms with van der Waals surface area (Å²) in [5.41, 5.74) is 3.90. The summed E-state index contributed by atoms with van der Waals surface area (Å²) in [4.78, 5) is 28.1. The van der Waals surface area contributed by atoms with Gasteiger partial charge in [0.15, 0.2) is 0 Å². The van der Waals surface area contributed by atoms with Crippen LogP contribution in [0.15, 0.2) is 48.5 Å². The van der Waals surface area contributed by atoms with Gasteiger partial charge >= 0.3 is 12.0 Å². The van der Waals surface area contributed by atoms with Gasteiger partial charge in [-0.2, -0.15) is 0 Å². The zero-order chi connectivity index (χ0) is 19.5. The third-order valence-corrected chi connectivity index (χ3v) is 5.63. The Bertz CT molecular complexity index is 860. The Morgan fingerprint density at radius 3 is 2.29 bits per heavy atom. The number of carboxylic acids is 1. The number of hydrogen-bond donors (Lipinski definition) is 2. The number of carbonyl (C=O) groups is 2. The standard InChI is InChI=1S/C22H25N3O3/c26-21(27)20(25-14-11-16-5-1-2-6-18(16)15-25)17-7-9-19(10-8-17)23-22(28)24-12-3-4-13-24/h1-2,5-10,20H,3-4,11-15H2,(H,23,28)(H,26,27). The highest BCUT2D eigenvalue weighted by molar-refractivity contribution is 5.89. The minimum absolute atomic E-state index is 0.0901. The molecule has 6 nitrogen and oxygen atoms in total. The third kappa shape index (κ3) is 3.87. The minimum atomic E-state index is -0.853. The zero-order valence-corrected chi connectivity index (χ0v) is 15.8. The molecule has 6 heteroatoms. The Labute approximate surface area is 164 Å². The average molecular weight is 379 g/mol. The Hall–Kier alpha value is -2.86. The van der Waals surface area contributed by atoms with E-state index in [1.165, 1.54) is 11.1 Å². The Morgan fingerprint density at radius 1 is 0.929 bits per heavy atom. The normalized spacial score (nSPS) is 17.8. The largest absolute Gasteiger partial charge is 0.480 e. The van der Waals surface area contributed by atoms with Crippen molar-refractivity contribution >= 4 is 17.7 Å². The van der Waals surface area contributed by atoms with Crippen LogP contribution in [-0.4, -0.2) is 46.5 Å². The van der Waals surface area contributed by atoms with Crippen LogP contribution in [-0.2, 0) is 17.8 Å². The average Bonchev–Trinajstić information content (AvgIpc) is 3.24. The van der Waals surface area contributed by atoms with Gasteiger partial charge in [0.05, 0.1) is 0 Å². The molecule has 28 heavy (non-hydrogen) atoms. The molecule has 0 saturated carbocycles. The summed E-state index contributed by atoms with van der Waals surface area (Å²) in [6.45, 7) is 2.92. The molecular formula is C22H25N3O3. The van der Waals surface area contributed by atoms with Crippen molar-refractivity contribution in [1.29, 1.82) is 0 Å². The second kappa shape index (κ2) is 8.02. The first-order valence-electron chi connectivity index (χ1n) is 9.81. The summed E-state index contributed by atoms with van der Waals surface area (Å²) < 4.78 is 0. The van der Waals surface area contributed by atoms with Crippen LogP contribution in [0.2, 0.25) is 0 Å². The predicted octanol–water partition coefficient (Wildman–Crippen LogP) is 3.50. The van der Waals surface area contributed by atoms with E-state index in [9.17, 15) is 14.7 Å². The van der Waals surface area contributed by atoms with Crippen molar-refractivity contribution in [3.8, 4) is 0 Å². The predicted molar refractivity (Wildman–Crippen MR) is 107 cm³/mol. The molecule has 1 fully saturated rings. The van der Waals surface area contributed by atoms with Crippen LogP contribution in [0, 0.1) is 0 Å². The number of fused-ring (bicyclic) bond motifs is 1. The Kier molecular flexibility index (Phi) is 5.30. The lowest BCUT2D eigenvalue weighted by Crippen LogP contribution is -2.38. The van der Waals surface area contributed by atoms with Crippen molar-refractivity contribution in [1.82, 2.24) is 9.80 Å². The molecule has 2 aliphatic heterocycles. The fraction of sp³-hybridized carbons (Fsp3) is 0.364. The second-order valence-corrected chi connectivity index (χ2v) is 7.48. The molecule has 0 spiro atoms. The van der Waals surface area contributed by atoms with Crippen molar-refractivity contribution in [3.05, 3.63) is 65.2 Å². The van der Waals surface area contributed by atoms with Crippen LogP contribution in [0.1, 0.15) is 35.6 Å². The molecule has 0 bridgehead atoms. The first-order chi connectivity index (χ1) is 13.6. The summed E-state index contributed by atoms with van der Waals surface area (Å²) in [7, 11) is 0. The van der Waals surface area contributed by atoms with Gasteiger partial charge in [-0.1, -0.05) is 36.4 Å². The number of hydrogen-bond acceptors (Lipinski definition) is 3. The zero-order valence-electron chi connectivity index (χ0n) is 15.8. The number of aliphatic carboxylic acids is 1. The second-order valence-electron chi connectivity index (χ2n) is 7.48. The first kappa shape index (κ1) is 18.5. The number of rotatable bonds is 4. The summed E-state index contributed by atoms with van der Waals surface area (Å²) in [6, 6.07) is 14.6. The molecule has 4 rings (SSSR count). The highest BCUT2D eigenvalue weighted by atomic mass is 16.4. The molecule has 0 radical (unpaired) electrons. The van der Waals surface area contributed by atoms with Gasteiger partial charge in [-0.05, 0) is 48.1 Å². The molecule has 2 aliphatic rings. The molecule has 1 atom stereocenters. The van der Waals surface area contributed by atoms with Gasteiger partial charge in [0.25, 0.3) is 0 Å². The molecule has 0 aromatic heterocycles. The van der Waals surface area contributed by atoms with E-state index in [4.69, 9.17) is 0 Å². The van der Waals surface area contributed by atoms with E-state index in [1.54, 1.807) is 29.2 Å². The number of carbonyl (C=O) groups excluding carboxylic acids is 1. The first-order valence-corrected chi connectivity index (χ1v) is 9.81. The van der Waals surface area contributed by atoms with Gasteiger partial charge in [-0.3, -0.25) is 9.69 Å². The molecule has 2 aromatic rings. The van der Waals surface area contributed by atoms with Gasteiger partial charge in [0.1, 0.15) is 6.04 Å². The van der Waals surface area contributed by atoms with Crippen molar-refractivity contribution in [2.24, 2.45) is 0 Å². The maximum absolute atomic E-state index is 12.2. The lowest BCUT2D eigenvalue weighted by atomic mass is 9.96. The SMILES string of the molecule is O=C(O)C(c1ccc(NC(=O)N2CCCC2)cc1)N1CCc2ccccc2C1. The fourth-order valence-corrected chi connectivity index (χ4v) is 4.12. The smallest absolute Gasteiger partial charge is 0.325 e. The number of anilines is 1. The van der Waals surface area contributed by atoms with E-state index >= 15 is 0 Å². The van der Waals surface area contributed by atoms with Crippen LogP contribution in [0.5, 0.6) is 0 Å². The number of benzene rings is 2. The highest BCUT2D eigenvalue weighted by Gasteiger charge is 2.30. The van der Waals surface area contributed by atoms with Crippen molar-refractivity contribution < 1.29 is 14.7 Å². The van der Waals surface area contributed by atoms with Gasteiger partial charge in [0.2, 0.25) is 0 Å². The summed E-state index contributed by atoms with van der Waals surface area (Å²) in [5, 5.41) is 12.8. The minimum Gasteiger partial charge on any atom is -0.480 e. The van der Waals surface area contributed by atoms with Crippen LogP contribution >= 0.6 is 0 Å². The van der Waals surface area contributed by atoms with Gasteiger partial charge < -0.3 is 15.3 Å². The Balaban J connectivity index is 1.48. The summed E-state index contributed by atoms with van der Waals surface area (Å²) in [5.74, 6) is -0.853. The Morgan fingerprint density at radius 2 is 1.61 bits per heavy atom. The molecule has 146 valence electrons. The molecule has 1 unspecified atom stereocenters. The lowest BCUT2D eigenvalue weighted by Gasteiger charge is -2.33. The summed E-state index contributed by atoms with van der Waals surface area (Å²) >= 11 is 0. The molecule has 2 aromatic carbocycles. The topological polar surface area (TPSA) is 72.9 Å². The highest BCUT2D eigenvalue weighted by Crippen LogP contribution is 2.29. The van der Waals surface area contributed by atoms with E-state index in [0.29, 0.717) is 18.8 Å². The maximum Gasteiger partial charge on any atom is 0.325 e. The van der Waals surface area contributed by atoms with E-state index in [1.807, 2.05) is 17.0 Å². The molecule has 0 aliphatic carbocycles. The number of nitrogens with one attached hydrogen (secondary N) is 1. The van der Waals surface area contributed by atoms with E-state index in [-0.39, 0.29) is 6.03 Å². The van der Waals surface area contributed by atoms with Gasteiger partial charge in [0, 0.05) is 31.9 Å². The fourth-order valence-electron chi connectivity index (χ4n) is 4.12. The van der Waals surface area contributed by atoms with Crippen LogP contribution < -0.4 is 5.32 Å². The quantitative estimate of drug-likeness (QED) is 0.853. The van der Waals surface area contributed by atoms with Gasteiger partial charge in [-0.15, -0.1) is 0 Å². The van der Waals surface area contributed by atoms with Crippen molar-refractivity contribution in [2.75, 3.05) is 25.0 Å². The lowest BCUT2D eigenvalue weighted by molar-refractivity contribution is -0.144. The molecular weight excluding hydrogens is 354 g/mol. The van der Waals surface area contributed by atoms with E-state index in [2.05, 4.69) is 17.4 Å². The van der Waals surface area contributed by atoms with Crippen LogP contribution in [0.4, 0.5) is 10.5 Å². The van der Waals surface area contributed by atoms with Crippen molar-refractivity contribution in [3.63, 3.8) is 0 Å². The van der Waals surface area contributed by atoms with E-state index in [0.717, 1.165) is 37.9 Å². The number of urea groups is 1. The number of carboxylic acid groups (broad SMARTS) is 1. The number of likely N-dealkylation sites (tertiary alicyclic amines) is 1. The number of nitrogens with zero attached hydrogens (tertiary/aromatic N) is 2. The van der Waals surface area contributed by atoms with E-state index < -0.39 is 12.0 Å². The maximum atomic E-state index is 12.2. The van der Waals surface area contributed by atoms with Crippen molar-refractivity contribution in [2.45, 2.75) is 31.8 Å². The molecule has 1 saturated heterocycles. The molecule has 2 N–H and O–H groups in total. The summed E-state index contributed by atoms with van der Waals surface area (Å²) in [6.07, 6.45) is 2.95. The van der Waals surface area contributed by atoms with Gasteiger partial charge in [-0.25, -0.2) is 4.79 Å².